The number of alkyl carbamates (subject to hydrolysis) is 1. The molecule has 6 nitrogen and oxygen atoms in total. The first-order valence-corrected chi connectivity index (χ1v) is 8.54. The van der Waals surface area contributed by atoms with Gasteiger partial charge in [0.25, 0.3) is 0 Å². The third-order valence-corrected chi connectivity index (χ3v) is 3.34. The number of carboxylic acid groups (broad SMARTS) is 1. The lowest BCUT2D eigenvalue weighted by Gasteiger charge is -2.06. The van der Waals surface area contributed by atoms with Gasteiger partial charge in [-0.25, -0.2) is 9.59 Å². The van der Waals surface area contributed by atoms with Gasteiger partial charge in [-0.3, -0.25) is 0 Å². The number of hydrogen-bond acceptors (Lipinski definition) is 3. The zero-order valence-electron chi connectivity index (χ0n) is 13.9. The van der Waals surface area contributed by atoms with E-state index in [2.05, 4.69) is 10.6 Å². The lowest BCUT2D eigenvalue weighted by atomic mass is 10.1. The summed E-state index contributed by atoms with van der Waals surface area (Å²) < 4.78 is 4.92. The van der Waals surface area contributed by atoms with Crippen LogP contribution in [-0.4, -0.2) is 37.0 Å². The second kappa shape index (κ2) is 15.9. The highest BCUT2D eigenvalue weighted by Crippen LogP contribution is 2.09. The lowest BCUT2D eigenvalue weighted by molar-refractivity contribution is 0.146. The highest BCUT2D eigenvalue weighted by atomic mass is 16.5. The number of nitrogens with one attached hydrogen (secondary N) is 2. The summed E-state index contributed by atoms with van der Waals surface area (Å²) in [6.07, 6.45) is 9.81. The molecule has 0 radical (unpaired) electrons. The first-order chi connectivity index (χ1) is 10.7. The van der Waals surface area contributed by atoms with E-state index in [1.165, 1.54) is 32.1 Å². The summed E-state index contributed by atoms with van der Waals surface area (Å²) >= 11 is 0. The summed E-state index contributed by atoms with van der Waals surface area (Å²) in [6, 6.07) is 0. The average Bonchev–Trinajstić information content (AvgIpc) is 2.49. The monoisotopic (exact) mass is 316 g/mol. The molecule has 0 rings (SSSR count). The fraction of sp³-hybridized carbons (Fsp3) is 0.875. The number of carbonyl (C=O) groups excluding carboxylic acids is 1. The van der Waals surface area contributed by atoms with Gasteiger partial charge in [0.15, 0.2) is 0 Å². The van der Waals surface area contributed by atoms with Crippen molar-refractivity contribution in [3.05, 3.63) is 0 Å². The Morgan fingerprint density at radius 3 is 1.73 bits per heavy atom. The molecule has 0 aromatic rings. The van der Waals surface area contributed by atoms with Crippen molar-refractivity contribution >= 4 is 12.2 Å². The van der Waals surface area contributed by atoms with E-state index < -0.39 is 6.09 Å². The van der Waals surface area contributed by atoms with Crippen LogP contribution in [0.1, 0.15) is 71.1 Å². The molecule has 0 unspecified atom stereocenters. The second-order valence-corrected chi connectivity index (χ2v) is 5.48. The van der Waals surface area contributed by atoms with E-state index in [4.69, 9.17) is 9.84 Å². The van der Waals surface area contributed by atoms with Gasteiger partial charge in [-0.15, -0.1) is 0 Å². The third kappa shape index (κ3) is 16.6. The summed E-state index contributed by atoms with van der Waals surface area (Å²) in [5, 5.41) is 13.5. The van der Waals surface area contributed by atoms with Gasteiger partial charge >= 0.3 is 12.2 Å². The van der Waals surface area contributed by atoms with E-state index in [0.29, 0.717) is 19.7 Å². The van der Waals surface area contributed by atoms with Crippen LogP contribution in [0.3, 0.4) is 0 Å². The number of amides is 2. The van der Waals surface area contributed by atoms with Gasteiger partial charge < -0.3 is 20.5 Å². The topological polar surface area (TPSA) is 87.7 Å². The number of rotatable bonds is 14. The Labute approximate surface area is 134 Å². The molecule has 0 heterocycles. The quantitative estimate of drug-likeness (QED) is 0.424. The van der Waals surface area contributed by atoms with Crippen LogP contribution in [0.2, 0.25) is 0 Å². The molecule has 3 N–H and O–H groups in total. The summed E-state index contributed by atoms with van der Waals surface area (Å²) in [5.74, 6) is 0. The summed E-state index contributed by atoms with van der Waals surface area (Å²) in [5.41, 5.74) is 0. The van der Waals surface area contributed by atoms with Crippen LogP contribution >= 0.6 is 0 Å². The Kier molecular flexibility index (Phi) is 14.9. The van der Waals surface area contributed by atoms with E-state index in [-0.39, 0.29) is 6.09 Å². The molecule has 0 saturated heterocycles. The van der Waals surface area contributed by atoms with Crippen molar-refractivity contribution in [1.82, 2.24) is 10.6 Å². The van der Waals surface area contributed by atoms with E-state index in [9.17, 15) is 9.59 Å². The molecule has 130 valence electrons. The molecule has 2 amide bonds. The first-order valence-electron chi connectivity index (χ1n) is 8.54. The fourth-order valence-corrected chi connectivity index (χ4v) is 2.12. The Balaban J connectivity index is 3.08. The molecule has 0 aliphatic rings. The number of carbonyl (C=O) groups is 2. The maximum atomic E-state index is 11.2. The molecule has 0 bridgehead atoms. The summed E-state index contributed by atoms with van der Waals surface area (Å²) in [6.45, 7) is 3.71. The molecular formula is C16H32N2O4. The Morgan fingerprint density at radius 2 is 1.27 bits per heavy atom. The second-order valence-electron chi connectivity index (χ2n) is 5.48. The van der Waals surface area contributed by atoms with Crippen molar-refractivity contribution < 1.29 is 19.4 Å². The van der Waals surface area contributed by atoms with E-state index in [0.717, 1.165) is 32.1 Å². The van der Waals surface area contributed by atoms with Crippen molar-refractivity contribution in [2.24, 2.45) is 0 Å². The molecule has 0 aliphatic carbocycles. The van der Waals surface area contributed by atoms with Crippen LogP contribution in [0.25, 0.3) is 0 Å². The molecule has 0 aromatic heterocycles. The third-order valence-electron chi connectivity index (χ3n) is 3.34. The Hall–Kier alpha value is -1.46. The minimum Gasteiger partial charge on any atom is -0.465 e. The number of unbranched alkanes of at least 4 members (excludes halogenated alkanes) is 8. The maximum Gasteiger partial charge on any atom is 0.407 e. The Bertz CT molecular complexity index is 285. The van der Waals surface area contributed by atoms with E-state index >= 15 is 0 Å². The van der Waals surface area contributed by atoms with Crippen LogP contribution in [0.5, 0.6) is 0 Å². The Morgan fingerprint density at radius 1 is 0.818 bits per heavy atom. The number of hydrogen-bond donors (Lipinski definition) is 3. The molecular weight excluding hydrogens is 284 g/mol. The predicted octanol–water partition coefficient (Wildman–Crippen LogP) is 3.90. The molecule has 0 aliphatic heterocycles. The van der Waals surface area contributed by atoms with Gasteiger partial charge in [-0.05, 0) is 19.3 Å². The van der Waals surface area contributed by atoms with Crippen LogP contribution in [0, 0.1) is 0 Å². The van der Waals surface area contributed by atoms with Crippen LogP contribution in [-0.2, 0) is 4.74 Å². The van der Waals surface area contributed by atoms with Crippen molar-refractivity contribution in [2.75, 3.05) is 19.7 Å². The van der Waals surface area contributed by atoms with E-state index in [1.54, 1.807) is 0 Å². The van der Waals surface area contributed by atoms with Crippen LogP contribution in [0.15, 0.2) is 0 Å². The zero-order chi connectivity index (χ0) is 16.5. The summed E-state index contributed by atoms with van der Waals surface area (Å²) in [7, 11) is 0. The highest BCUT2D eigenvalue weighted by molar-refractivity contribution is 5.66. The fourth-order valence-electron chi connectivity index (χ4n) is 2.12. The SMILES string of the molecule is CCCOC(=O)NCCCCCCCCCCCNC(=O)O. The van der Waals surface area contributed by atoms with Gasteiger partial charge in [-0.2, -0.15) is 0 Å². The molecule has 0 spiro atoms. The lowest BCUT2D eigenvalue weighted by Crippen LogP contribution is -2.25. The van der Waals surface area contributed by atoms with Gasteiger partial charge in [0.2, 0.25) is 0 Å². The number of ether oxygens (including phenoxy) is 1. The smallest absolute Gasteiger partial charge is 0.407 e. The molecule has 6 heteroatoms. The van der Waals surface area contributed by atoms with Crippen molar-refractivity contribution in [2.45, 2.75) is 71.1 Å². The summed E-state index contributed by atoms with van der Waals surface area (Å²) in [4.78, 5) is 21.4. The van der Waals surface area contributed by atoms with Crippen molar-refractivity contribution in [3.8, 4) is 0 Å². The van der Waals surface area contributed by atoms with Crippen molar-refractivity contribution in [1.29, 1.82) is 0 Å². The van der Waals surface area contributed by atoms with Crippen LogP contribution < -0.4 is 10.6 Å². The van der Waals surface area contributed by atoms with Crippen molar-refractivity contribution in [3.63, 3.8) is 0 Å². The van der Waals surface area contributed by atoms with Gasteiger partial charge in [0.1, 0.15) is 0 Å². The zero-order valence-corrected chi connectivity index (χ0v) is 13.9. The maximum absolute atomic E-state index is 11.2. The largest absolute Gasteiger partial charge is 0.465 e. The molecule has 22 heavy (non-hydrogen) atoms. The molecule has 0 saturated carbocycles. The van der Waals surface area contributed by atoms with Gasteiger partial charge in [0.05, 0.1) is 6.61 Å². The predicted molar refractivity (Wildman–Crippen MR) is 87.2 cm³/mol. The molecule has 0 atom stereocenters. The standard InChI is InChI=1S/C16H32N2O4/c1-2-14-22-16(21)18-13-11-9-7-5-3-4-6-8-10-12-17-15(19)20/h17H,2-14H2,1H3,(H,18,21)(H,19,20). The van der Waals surface area contributed by atoms with Gasteiger partial charge in [0, 0.05) is 13.1 Å². The normalized spacial score (nSPS) is 10.2. The molecule has 0 aromatic carbocycles. The highest BCUT2D eigenvalue weighted by Gasteiger charge is 1.99. The van der Waals surface area contributed by atoms with E-state index in [1.807, 2.05) is 6.92 Å². The molecule has 0 fully saturated rings. The van der Waals surface area contributed by atoms with Gasteiger partial charge in [-0.1, -0.05) is 51.9 Å². The minimum atomic E-state index is -0.937. The van der Waals surface area contributed by atoms with Crippen LogP contribution in [0.4, 0.5) is 9.59 Å². The first kappa shape index (κ1) is 20.5. The average molecular weight is 316 g/mol. The minimum absolute atomic E-state index is 0.306.